The fraction of sp³-hybridized carbons (Fsp3) is 0.429. The van der Waals surface area contributed by atoms with Crippen LogP contribution in [0.5, 0.6) is 0 Å². The van der Waals surface area contributed by atoms with Gasteiger partial charge < -0.3 is 5.11 Å². The van der Waals surface area contributed by atoms with Crippen LogP contribution in [-0.4, -0.2) is 5.11 Å². The summed E-state index contributed by atoms with van der Waals surface area (Å²) in [6.07, 6.45) is 7.62. The van der Waals surface area contributed by atoms with Gasteiger partial charge in [0.25, 0.3) is 0 Å². The summed E-state index contributed by atoms with van der Waals surface area (Å²) >= 11 is 0. The number of aliphatic hydroxyl groups is 1. The lowest BCUT2D eigenvalue weighted by Crippen LogP contribution is -2.09. The molecule has 0 aromatic heterocycles. The van der Waals surface area contributed by atoms with Crippen molar-refractivity contribution in [3.63, 3.8) is 0 Å². The maximum atomic E-state index is 10.6. The van der Waals surface area contributed by atoms with Crippen LogP contribution in [0.3, 0.4) is 0 Å². The molecule has 2 fully saturated rings. The quantitative estimate of drug-likeness (QED) is 0.797. The third kappa shape index (κ3) is 1.75. The standard InChI is InChI=1S/C21H22O/c22-21-17-9-7-15(13-3-1-4-13)11-19(17)20-12-16(8-10-18(20)21)14-5-2-6-14/h7-14,21-22H,1-6H2. The summed E-state index contributed by atoms with van der Waals surface area (Å²) in [5.41, 5.74) is 7.71. The van der Waals surface area contributed by atoms with E-state index in [4.69, 9.17) is 0 Å². The number of benzene rings is 2. The zero-order valence-electron chi connectivity index (χ0n) is 12.9. The van der Waals surface area contributed by atoms with Gasteiger partial charge >= 0.3 is 0 Å². The van der Waals surface area contributed by atoms with Gasteiger partial charge in [0.1, 0.15) is 6.10 Å². The molecule has 0 saturated heterocycles. The maximum absolute atomic E-state index is 10.6. The van der Waals surface area contributed by atoms with Crippen molar-refractivity contribution in [1.29, 1.82) is 0 Å². The third-order valence-corrected chi connectivity index (χ3v) is 6.19. The van der Waals surface area contributed by atoms with Crippen molar-refractivity contribution in [2.24, 2.45) is 0 Å². The summed E-state index contributed by atoms with van der Waals surface area (Å²) < 4.78 is 0. The van der Waals surface area contributed by atoms with Crippen molar-refractivity contribution in [3.8, 4) is 11.1 Å². The predicted molar refractivity (Wildman–Crippen MR) is 89.1 cm³/mol. The van der Waals surface area contributed by atoms with E-state index in [0.717, 1.165) is 23.0 Å². The number of hydrogen-bond donors (Lipinski definition) is 1. The highest BCUT2D eigenvalue weighted by Crippen LogP contribution is 2.48. The molecule has 0 bridgehead atoms. The molecule has 0 heterocycles. The van der Waals surface area contributed by atoms with Crippen LogP contribution in [0.25, 0.3) is 11.1 Å². The summed E-state index contributed by atoms with van der Waals surface area (Å²) in [6, 6.07) is 13.5. The van der Waals surface area contributed by atoms with Crippen molar-refractivity contribution < 1.29 is 5.11 Å². The Kier molecular flexibility index (Phi) is 2.75. The number of rotatable bonds is 2. The zero-order chi connectivity index (χ0) is 14.7. The second-order valence-electron chi connectivity index (χ2n) is 7.35. The van der Waals surface area contributed by atoms with Crippen molar-refractivity contribution in [3.05, 3.63) is 58.7 Å². The van der Waals surface area contributed by atoms with E-state index in [0.29, 0.717) is 0 Å². The lowest BCUT2D eigenvalue weighted by molar-refractivity contribution is 0.225. The van der Waals surface area contributed by atoms with Crippen molar-refractivity contribution >= 4 is 0 Å². The molecule has 1 heteroatoms. The van der Waals surface area contributed by atoms with Crippen LogP contribution in [0.2, 0.25) is 0 Å². The summed E-state index contributed by atoms with van der Waals surface area (Å²) in [6.45, 7) is 0. The van der Waals surface area contributed by atoms with Crippen LogP contribution in [0, 0.1) is 0 Å². The monoisotopic (exact) mass is 290 g/mol. The Hall–Kier alpha value is -1.60. The molecule has 0 spiro atoms. The van der Waals surface area contributed by atoms with E-state index in [-0.39, 0.29) is 0 Å². The lowest BCUT2D eigenvalue weighted by atomic mass is 9.78. The molecule has 0 atom stereocenters. The molecule has 1 N–H and O–H groups in total. The molecule has 3 aliphatic carbocycles. The Morgan fingerprint density at radius 1 is 0.682 bits per heavy atom. The molecule has 112 valence electrons. The molecule has 0 radical (unpaired) electrons. The molecule has 2 aromatic carbocycles. The molecule has 0 unspecified atom stereocenters. The Labute approximate surface area is 132 Å². The number of hydrogen-bond acceptors (Lipinski definition) is 1. The normalized spacial score (nSPS) is 21.1. The van der Waals surface area contributed by atoms with Crippen LogP contribution < -0.4 is 0 Å². The van der Waals surface area contributed by atoms with E-state index >= 15 is 0 Å². The molecule has 3 aliphatic rings. The first kappa shape index (κ1) is 12.9. The van der Waals surface area contributed by atoms with Gasteiger partial charge in [0.15, 0.2) is 0 Å². The van der Waals surface area contributed by atoms with Gasteiger partial charge in [0.05, 0.1) is 0 Å². The smallest absolute Gasteiger partial charge is 0.105 e. The molecule has 0 amide bonds. The molecule has 1 nitrogen and oxygen atoms in total. The third-order valence-electron chi connectivity index (χ3n) is 6.19. The van der Waals surface area contributed by atoms with Crippen molar-refractivity contribution in [2.75, 3.05) is 0 Å². The minimum Gasteiger partial charge on any atom is -0.384 e. The Balaban J connectivity index is 1.62. The van der Waals surface area contributed by atoms with Gasteiger partial charge in [-0.15, -0.1) is 0 Å². The van der Waals surface area contributed by atoms with Gasteiger partial charge in [-0.2, -0.15) is 0 Å². The maximum Gasteiger partial charge on any atom is 0.105 e. The fourth-order valence-corrected chi connectivity index (χ4v) is 4.25. The molecule has 2 saturated carbocycles. The van der Waals surface area contributed by atoms with E-state index in [1.807, 2.05) is 0 Å². The minimum absolute atomic E-state index is 0.434. The van der Waals surface area contributed by atoms with Gasteiger partial charge in [-0.1, -0.05) is 49.2 Å². The summed E-state index contributed by atoms with van der Waals surface area (Å²) in [4.78, 5) is 0. The molecule has 2 aromatic rings. The molecular formula is C21H22O. The van der Waals surface area contributed by atoms with Crippen LogP contribution >= 0.6 is 0 Å². The van der Waals surface area contributed by atoms with Gasteiger partial charge in [0.2, 0.25) is 0 Å². The highest BCUT2D eigenvalue weighted by Gasteiger charge is 2.30. The highest BCUT2D eigenvalue weighted by atomic mass is 16.3. The van der Waals surface area contributed by atoms with Gasteiger partial charge in [0, 0.05) is 0 Å². The summed E-state index contributed by atoms with van der Waals surface area (Å²) in [5.74, 6) is 1.50. The topological polar surface area (TPSA) is 20.2 Å². The second-order valence-corrected chi connectivity index (χ2v) is 7.35. The van der Waals surface area contributed by atoms with E-state index in [9.17, 15) is 5.11 Å². The number of aliphatic hydroxyl groups excluding tert-OH is 1. The van der Waals surface area contributed by atoms with E-state index in [1.54, 1.807) is 0 Å². The zero-order valence-corrected chi connectivity index (χ0v) is 12.9. The Morgan fingerprint density at radius 3 is 1.50 bits per heavy atom. The fourth-order valence-electron chi connectivity index (χ4n) is 4.25. The Morgan fingerprint density at radius 2 is 1.14 bits per heavy atom. The highest BCUT2D eigenvalue weighted by molar-refractivity contribution is 5.79. The lowest BCUT2D eigenvalue weighted by Gasteiger charge is -2.27. The molecule has 22 heavy (non-hydrogen) atoms. The second kappa shape index (κ2) is 4.70. The van der Waals surface area contributed by atoms with Crippen molar-refractivity contribution in [1.82, 2.24) is 0 Å². The van der Waals surface area contributed by atoms with Gasteiger partial charge in [-0.05, 0) is 70.9 Å². The van der Waals surface area contributed by atoms with Crippen LogP contribution in [0.4, 0.5) is 0 Å². The van der Waals surface area contributed by atoms with E-state index in [1.165, 1.54) is 60.8 Å². The average molecular weight is 290 g/mol. The van der Waals surface area contributed by atoms with Gasteiger partial charge in [-0.25, -0.2) is 0 Å². The molecular weight excluding hydrogens is 268 g/mol. The summed E-state index contributed by atoms with van der Waals surface area (Å²) in [5, 5.41) is 10.6. The van der Waals surface area contributed by atoms with E-state index < -0.39 is 6.10 Å². The first-order valence-corrected chi connectivity index (χ1v) is 8.77. The molecule has 5 rings (SSSR count). The van der Waals surface area contributed by atoms with Crippen LogP contribution in [-0.2, 0) is 0 Å². The predicted octanol–water partition coefficient (Wildman–Crippen LogP) is 5.28. The van der Waals surface area contributed by atoms with Gasteiger partial charge in [-0.3, -0.25) is 0 Å². The average Bonchev–Trinajstić information content (AvgIpc) is 2.68. The largest absolute Gasteiger partial charge is 0.384 e. The first-order valence-electron chi connectivity index (χ1n) is 8.77. The SMILES string of the molecule is OC1c2ccc(C3CCC3)cc2-c2cc(C3CCC3)ccc21. The minimum atomic E-state index is -0.434. The number of fused-ring (bicyclic) bond motifs is 3. The Bertz CT molecular complexity index is 674. The van der Waals surface area contributed by atoms with Crippen LogP contribution in [0.15, 0.2) is 36.4 Å². The molecule has 0 aliphatic heterocycles. The van der Waals surface area contributed by atoms with E-state index in [2.05, 4.69) is 36.4 Å². The van der Waals surface area contributed by atoms with Crippen LogP contribution in [0.1, 0.15) is 78.7 Å². The summed E-state index contributed by atoms with van der Waals surface area (Å²) in [7, 11) is 0. The first-order chi connectivity index (χ1) is 10.8. The van der Waals surface area contributed by atoms with Crippen molar-refractivity contribution in [2.45, 2.75) is 56.5 Å².